The van der Waals surface area contributed by atoms with Gasteiger partial charge < -0.3 is 29.5 Å². The third-order valence-corrected chi connectivity index (χ3v) is 8.57. The molecule has 2 fully saturated rings. The molecule has 1 atom stereocenters. The van der Waals surface area contributed by atoms with Crippen molar-refractivity contribution < 1.29 is 14.3 Å². The van der Waals surface area contributed by atoms with Crippen LogP contribution in [0.15, 0.2) is 67.4 Å². The molecule has 7 heterocycles. The number of aryl methyl sites for hydroxylation is 1. The fraction of sp³-hybridized carbons (Fsp3) is 0.312. The van der Waals surface area contributed by atoms with E-state index >= 15 is 0 Å². The summed E-state index contributed by atoms with van der Waals surface area (Å²) in [6.45, 7) is 6.32. The summed E-state index contributed by atoms with van der Waals surface area (Å²) in [5.41, 5.74) is 3.82. The normalized spacial score (nSPS) is 18.5. The third kappa shape index (κ3) is 5.24. The van der Waals surface area contributed by atoms with E-state index in [1.54, 1.807) is 10.6 Å². The van der Waals surface area contributed by atoms with E-state index in [0.29, 0.717) is 66.2 Å². The summed E-state index contributed by atoms with van der Waals surface area (Å²) < 4.78 is 14.1. The average Bonchev–Trinajstić information content (AvgIpc) is 3.45. The molecule has 0 aliphatic carbocycles. The summed E-state index contributed by atoms with van der Waals surface area (Å²) in [5, 5.41) is 7.55. The van der Waals surface area contributed by atoms with Crippen LogP contribution in [0.3, 0.4) is 0 Å². The van der Waals surface area contributed by atoms with Gasteiger partial charge in [0.2, 0.25) is 5.91 Å². The average molecular weight is 605 g/mol. The predicted octanol–water partition coefficient (Wildman–Crippen LogP) is 3.44. The van der Waals surface area contributed by atoms with E-state index in [2.05, 4.69) is 42.2 Å². The van der Waals surface area contributed by atoms with E-state index in [-0.39, 0.29) is 11.9 Å². The van der Waals surface area contributed by atoms with Gasteiger partial charge in [0.05, 0.1) is 11.6 Å². The number of nitrogens with zero attached hydrogens (tertiary/aromatic N) is 9. The molecular formula is C32H32N10O3. The van der Waals surface area contributed by atoms with Crippen molar-refractivity contribution in [2.75, 3.05) is 56.6 Å². The minimum atomic E-state index is -0.0667. The Morgan fingerprint density at radius 2 is 1.98 bits per heavy atom. The maximum atomic E-state index is 13.1. The van der Waals surface area contributed by atoms with Crippen LogP contribution in [0.5, 0.6) is 17.2 Å². The highest BCUT2D eigenvalue weighted by molar-refractivity contribution is 5.90. The molecule has 0 saturated carbocycles. The molecule has 0 spiro atoms. The summed E-state index contributed by atoms with van der Waals surface area (Å²) in [6.07, 6.45) is 8.63. The summed E-state index contributed by atoms with van der Waals surface area (Å²) >= 11 is 0. The summed E-state index contributed by atoms with van der Waals surface area (Å²) in [7, 11) is 2.09. The second-order valence-corrected chi connectivity index (χ2v) is 11.8. The number of rotatable bonds is 6. The molecule has 1 unspecified atom stereocenters. The maximum absolute atomic E-state index is 13.1. The quantitative estimate of drug-likeness (QED) is 0.287. The van der Waals surface area contributed by atoms with E-state index in [1.807, 2.05) is 60.5 Å². The first-order chi connectivity index (χ1) is 22.0. The van der Waals surface area contributed by atoms with Crippen molar-refractivity contribution in [3.05, 3.63) is 73.0 Å². The van der Waals surface area contributed by atoms with Crippen molar-refractivity contribution in [3.8, 4) is 17.2 Å². The zero-order valence-corrected chi connectivity index (χ0v) is 25.0. The van der Waals surface area contributed by atoms with Crippen LogP contribution in [0.2, 0.25) is 0 Å². The van der Waals surface area contributed by atoms with Gasteiger partial charge in [0.1, 0.15) is 36.3 Å². The number of pyridine rings is 2. The predicted molar refractivity (Wildman–Crippen MR) is 168 cm³/mol. The minimum absolute atomic E-state index is 0.0438. The van der Waals surface area contributed by atoms with Crippen LogP contribution < -0.4 is 19.7 Å². The number of piperazine rings is 1. The zero-order valence-electron chi connectivity index (χ0n) is 25.0. The lowest BCUT2D eigenvalue weighted by molar-refractivity contribution is -0.129. The van der Waals surface area contributed by atoms with Gasteiger partial charge in [-0.2, -0.15) is 5.10 Å². The molecule has 3 aliphatic rings. The number of ether oxygens (including phenoxy) is 2. The number of carbonyl (C=O) groups excluding carboxylic acids is 1. The number of benzene rings is 1. The van der Waals surface area contributed by atoms with Gasteiger partial charge in [-0.1, -0.05) is 6.08 Å². The van der Waals surface area contributed by atoms with Crippen molar-refractivity contribution in [3.63, 3.8) is 0 Å². The molecule has 2 bridgehead atoms. The molecule has 5 aromatic rings. The molecule has 45 heavy (non-hydrogen) atoms. The topological polar surface area (TPSA) is 126 Å². The lowest BCUT2D eigenvalue weighted by Gasteiger charge is -2.39. The van der Waals surface area contributed by atoms with Crippen molar-refractivity contribution in [2.24, 2.45) is 5.92 Å². The van der Waals surface area contributed by atoms with Crippen LogP contribution in [0.1, 0.15) is 5.56 Å². The Labute approximate surface area is 259 Å². The van der Waals surface area contributed by atoms with E-state index in [1.165, 1.54) is 12.7 Å². The third-order valence-electron chi connectivity index (χ3n) is 8.57. The maximum Gasteiger partial charge on any atom is 0.246 e. The van der Waals surface area contributed by atoms with Crippen LogP contribution in [0, 0.1) is 12.8 Å². The highest BCUT2D eigenvalue weighted by atomic mass is 16.5. The van der Waals surface area contributed by atoms with Crippen LogP contribution in [-0.2, 0) is 4.79 Å². The van der Waals surface area contributed by atoms with Crippen LogP contribution in [-0.4, -0.2) is 97.7 Å². The Hall–Kier alpha value is -5.30. The molecule has 8 rings (SSSR count). The number of fused-ring (bicyclic) bond motifs is 6. The van der Waals surface area contributed by atoms with Crippen LogP contribution >= 0.6 is 0 Å². The highest BCUT2D eigenvalue weighted by Gasteiger charge is 2.35. The fourth-order valence-electron chi connectivity index (χ4n) is 6.20. The Kier molecular flexibility index (Phi) is 6.67. The molecule has 3 aliphatic heterocycles. The monoisotopic (exact) mass is 604 g/mol. The molecule has 1 amide bonds. The van der Waals surface area contributed by atoms with Gasteiger partial charge in [0.15, 0.2) is 23.0 Å². The molecule has 1 aromatic carbocycles. The number of hydrogen-bond donors (Lipinski definition) is 1. The number of hydrogen-bond acceptors (Lipinski definition) is 11. The van der Waals surface area contributed by atoms with E-state index < -0.39 is 0 Å². The smallest absolute Gasteiger partial charge is 0.246 e. The van der Waals surface area contributed by atoms with E-state index in [9.17, 15) is 4.79 Å². The van der Waals surface area contributed by atoms with Gasteiger partial charge in [-0.3, -0.25) is 4.79 Å². The highest BCUT2D eigenvalue weighted by Crippen LogP contribution is 2.36. The Balaban J connectivity index is 1.00. The molecule has 13 nitrogen and oxygen atoms in total. The first-order valence-electron chi connectivity index (χ1n) is 15.0. The van der Waals surface area contributed by atoms with Crippen molar-refractivity contribution in [2.45, 2.75) is 13.0 Å². The number of likely N-dealkylation sites (tertiary alicyclic amines) is 1. The first kappa shape index (κ1) is 27.3. The van der Waals surface area contributed by atoms with Gasteiger partial charge in [0, 0.05) is 62.7 Å². The second kappa shape index (κ2) is 11.0. The minimum Gasteiger partial charge on any atom is -0.487 e. The number of aromatic nitrogens is 6. The molecule has 2 saturated heterocycles. The van der Waals surface area contributed by atoms with E-state index in [0.717, 1.165) is 35.9 Å². The Morgan fingerprint density at radius 1 is 1.07 bits per heavy atom. The van der Waals surface area contributed by atoms with Gasteiger partial charge in [-0.05, 0) is 49.9 Å². The Bertz CT molecular complexity index is 1950. The Morgan fingerprint density at radius 3 is 2.84 bits per heavy atom. The molecule has 1 N–H and O–H groups in total. The first-order valence-corrected chi connectivity index (χ1v) is 15.0. The lowest BCUT2D eigenvalue weighted by Crippen LogP contribution is -2.56. The number of carbonyl (C=O) groups is 1. The fourth-order valence-corrected chi connectivity index (χ4v) is 6.20. The zero-order chi connectivity index (χ0) is 30.5. The van der Waals surface area contributed by atoms with Gasteiger partial charge in [-0.15, -0.1) is 0 Å². The van der Waals surface area contributed by atoms with Gasteiger partial charge in [0.25, 0.3) is 0 Å². The summed E-state index contributed by atoms with van der Waals surface area (Å²) in [4.78, 5) is 37.7. The van der Waals surface area contributed by atoms with Gasteiger partial charge >= 0.3 is 0 Å². The van der Waals surface area contributed by atoms with Crippen LogP contribution in [0.4, 0.5) is 17.3 Å². The standard InChI is InChI=1S/C32H32N10O3/c1-20-11-22(4-5-26(20)45-24-7-8-42-28(12-24)34-19-36-42)37-31-30-25(33-18-35-31)13-27-32(38-30)40-9-10-41(23(16-40)17-44-27)29(43)6-3-21-14-39(2)15-21/h3-8,11-13,18-19,21,23H,9-10,14-17H2,1-2H3,(H,33,35,37)/b6-3+. The van der Waals surface area contributed by atoms with Crippen molar-refractivity contribution in [1.29, 1.82) is 0 Å². The summed E-state index contributed by atoms with van der Waals surface area (Å²) in [5.74, 6) is 3.91. The van der Waals surface area contributed by atoms with Crippen molar-refractivity contribution in [1.82, 2.24) is 39.3 Å². The number of amides is 1. The number of anilines is 3. The van der Waals surface area contributed by atoms with E-state index in [4.69, 9.17) is 14.5 Å². The van der Waals surface area contributed by atoms with Crippen LogP contribution in [0.25, 0.3) is 16.7 Å². The second-order valence-electron chi connectivity index (χ2n) is 11.8. The molecule has 228 valence electrons. The van der Waals surface area contributed by atoms with Gasteiger partial charge in [-0.25, -0.2) is 24.5 Å². The number of nitrogens with one attached hydrogen (secondary N) is 1. The molecule has 13 heteroatoms. The molecule has 4 aromatic heterocycles. The van der Waals surface area contributed by atoms with Crippen molar-refractivity contribution >= 4 is 39.9 Å². The lowest BCUT2D eigenvalue weighted by atomic mass is 10.0. The summed E-state index contributed by atoms with van der Waals surface area (Å²) in [6, 6.07) is 11.4. The molecule has 0 radical (unpaired) electrons. The SMILES string of the molecule is Cc1cc(Nc2ncnc3cc4c(nc23)N2CCN(C(=O)/C=C/C3CN(C)C3)C(CO4)C2)ccc1Oc1ccn2ncnc2c1. The largest absolute Gasteiger partial charge is 0.487 e. The molecular weight excluding hydrogens is 572 g/mol.